The Kier molecular flexibility index (Phi) is 2.10. The minimum atomic E-state index is -1.16. The Morgan fingerprint density at radius 3 is 2.23 bits per heavy atom. The number of nitrogen functional groups attached to an aromatic ring is 1. The lowest BCUT2D eigenvalue weighted by atomic mass is 10.1. The van der Waals surface area contributed by atoms with Crippen LogP contribution in [-0.2, 0) is 0 Å². The SMILES string of the molecule is CC(=O)c1c(C)[nH]c(C(=O)O)c1N. The standard InChI is InChI=1S/C8H10N2O3/c1-3-5(4(2)11)6(9)7(10-3)8(12)13/h10H,9H2,1-2H3,(H,12,13). The zero-order chi connectivity index (χ0) is 10.2. The molecule has 1 aromatic rings. The van der Waals surface area contributed by atoms with Gasteiger partial charge in [-0.15, -0.1) is 0 Å². The highest BCUT2D eigenvalue weighted by Gasteiger charge is 2.19. The fourth-order valence-corrected chi connectivity index (χ4v) is 1.27. The van der Waals surface area contributed by atoms with E-state index >= 15 is 0 Å². The normalized spacial score (nSPS) is 10.0. The number of nitrogens with two attached hydrogens (primary N) is 1. The van der Waals surface area contributed by atoms with E-state index in [1.54, 1.807) is 6.92 Å². The summed E-state index contributed by atoms with van der Waals surface area (Å²) >= 11 is 0. The van der Waals surface area contributed by atoms with E-state index in [-0.39, 0.29) is 22.7 Å². The van der Waals surface area contributed by atoms with Crippen LogP contribution in [0.3, 0.4) is 0 Å². The van der Waals surface area contributed by atoms with Crippen molar-refractivity contribution < 1.29 is 14.7 Å². The number of aromatic nitrogens is 1. The average molecular weight is 182 g/mol. The first kappa shape index (κ1) is 9.31. The molecule has 0 aliphatic rings. The van der Waals surface area contributed by atoms with Crippen LogP contribution in [0.1, 0.15) is 33.5 Å². The van der Waals surface area contributed by atoms with Gasteiger partial charge in [-0.2, -0.15) is 0 Å². The number of anilines is 1. The molecule has 1 heterocycles. The van der Waals surface area contributed by atoms with E-state index < -0.39 is 5.97 Å². The van der Waals surface area contributed by atoms with E-state index in [9.17, 15) is 9.59 Å². The number of rotatable bonds is 2. The summed E-state index contributed by atoms with van der Waals surface area (Å²) in [5.74, 6) is -1.40. The topological polar surface area (TPSA) is 96.2 Å². The number of Topliss-reactive ketones (excluding diaryl/α,β-unsaturated/α-hetero) is 1. The van der Waals surface area contributed by atoms with Gasteiger partial charge in [-0.3, -0.25) is 4.79 Å². The van der Waals surface area contributed by atoms with E-state index in [1.807, 2.05) is 0 Å². The van der Waals surface area contributed by atoms with Gasteiger partial charge in [0.25, 0.3) is 0 Å². The van der Waals surface area contributed by atoms with E-state index in [0.29, 0.717) is 5.69 Å². The number of carbonyl (C=O) groups is 2. The smallest absolute Gasteiger partial charge is 0.354 e. The zero-order valence-electron chi connectivity index (χ0n) is 7.34. The molecule has 0 atom stereocenters. The van der Waals surface area contributed by atoms with Crippen LogP contribution in [-0.4, -0.2) is 21.8 Å². The Hall–Kier alpha value is -1.78. The first-order valence-electron chi connectivity index (χ1n) is 3.67. The van der Waals surface area contributed by atoms with Crippen molar-refractivity contribution in [2.45, 2.75) is 13.8 Å². The van der Waals surface area contributed by atoms with Crippen LogP contribution in [0.25, 0.3) is 0 Å². The van der Waals surface area contributed by atoms with Crippen LogP contribution >= 0.6 is 0 Å². The van der Waals surface area contributed by atoms with Gasteiger partial charge in [0.15, 0.2) is 5.78 Å². The lowest BCUT2D eigenvalue weighted by Crippen LogP contribution is -2.03. The van der Waals surface area contributed by atoms with Gasteiger partial charge >= 0.3 is 5.97 Å². The number of ketones is 1. The number of nitrogens with one attached hydrogen (secondary N) is 1. The van der Waals surface area contributed by atoms with Crippen LogP contribution in [0.2, 0.25) is 0 Å². The fourth-order valence-electron chi connectivity index (χ4n) is 1.27. The number of aromatic carboxylic acids is 1. The molecule has 0 amide bonds. The lowest BCUT2D eigenvalue weighted by molar-refractivity contribution is 0.0692. The van der Waals surface area contributed by atoms with Crippen molar-refractivity contribution in [1.82, 2.24) is 4.98 Å². The summed E-state index contributed by atoms with van der Waals surface area (Å²) in [6, 6.07) is 0. The van der Waals surface area contributed by atoms with Crippen molar-refractivity contribution in [3.05, 3.63) is 17.0 Å². The summed E-state index contributed by atoms with van der Waals surface area (Å²) < 4.78 is 0. The van der Waals surface area contributed by atoms with E-state index in [4.69, 9.17) is 10.8 Å². The minimum absolute atomic E-state index is 0.0116. The van der Waals surface area contributed by atoms with Crippen molar-refractivity contribution in [2.24, 2.45) is 0 Å². The second-order valence-electron chi connectivity index (χ2n) is 2.78. The predicted molar refractivity (Wildman–Crippen MR) is 46.9 cm³/mol. The van der Waals surface area contributed by atoms with Crippen LogP contribution in [0.15, 0.2) is 0 Å². The summed E-state index contributed by atoms with van der Waals surface area (Å²) in [6.45, 7) is 2.96. The maximum absolute atomic E-state index is 11.0. The molecule has 5 heteroatoms. The summed E-state index contributed by atoms with van der Waals surface area (Å²) in [5.41, 5.74) is 6.11. The van der Waals surface area contributed by atoms with Gasteiger partial charge < -0.3 is 15.8 Å². The highest BCUT2D eigenvalue weighted by molar-refractivity contribution is 6.05. The van der Waals surface area contributed by atoms with Gasteiger partial charge in [0.2, 0.25) is 0 Å². The summed E-state index contributed by atoms with van der Waals surface area (Å²) in [5, 5.41) is 8.66. The van der Waals surface area contributed by atoms with Crippen LogP contribution in [0, 0.1) is 6.92 Å². The summed E-state index contributed by atoms with van der Waals surface area (Å²) in [7, 11) is 0. The molecule has 70 valence electrons. The van der Waals surface area contributed by atoms with E-state index in [2.05, 4.69) is 4.98 Å². The van der Waals surface area contributed by atoms with Gasteiger partial charge in [-0.05, 0) is 13.8 Å². The molecule has 1 rings (SSSR count). The third-order valence-electron chi connectivity index (χ3n) is 1.79. The molecule has 5 nitrogen and oxygen atoms in total. The quantitative estimate of drug-likeness (QED) is 0.589. The number of aryl methyl sites for hydroxylation is 1. The number of H-pyrrole nitrogens is 1. The monoisotopic (exact) mass is 182 g/mol. The second-order valence-corrected chi connectivity index (χ2v) is 2.78. The highest BCUT2D eigenvalue weighted by Crippen LogP contribution is 2.21. The molecule has 4 N–H and O–H groups in total. The molecule has 0 aliphatic carbocycles. The largest absolute Gasteiger partial charge is 0.477 e. The highest BCUT2D eigenvalue weighted by atomic mass is 16.4. The van der Waals surface area contributed by atoms with Gasteiger partial charge in [0.1, 0.15) is 5.69 Å². The number of aromatic amines is 1. The van der Waals surface area contributed by atoms with E-state index in [0.717, 1.165) is 0 Å². The first-order valence-corrected chi connectivity index (χ1v) is 3.67. The first-order chi connectivity index (χ1) is 5.95. The molecule has 13 heavy (non-hydrogen) atoms. The molecule has 0 fully saturated rings. The molecule has 1 aromatic heterocycles. The number of hydrogen-bond acceptors (Lipinski definition) is 3. The molecule has 0 saturated carbocycles. The average Bonchev–Trinajstić information content (AvgIpc) is 2.26. The summed E-state index contributed by atoms with van der Waals surface area (Å²) in [6.07, 6.45) is 0. The van der Waals surface area contributed by atoms with Gasteiger partial charge in [0.05, 0.1) is 11.3 Å². The van der Waals surface area contributed by atoms with Crippen molar-refractivity contribution in [3.8, 4) is 0 Å². The maximum Gasteiger partial charge on any atom is 0.354 e. The maximum atomic E-state index is 11.0. The molecule has 0 unspecified atom stereocenters. The zero-order valence-corrected chi connectivity index (χ0v) is 7.34. The van der Waals surface area contributed by atoms with Gasteiger partial charge in [-0.25, -0.2) is 4.79 Å². The Morgan fingerprint density at radius 1 is 1.46 bits per heavy atom. The van der Waals surface area contributed by atoms with Crippen molar-refractivity contribution in [2.75, 3.05) is 5.73 Å². The van der Waals surface area contributed by atoms with Crippen molar-refractivity contribution in [3.63, 3.8) is 0 Å². The number of hydrogen-bond donors (Lipinski definition) is 3. The lowest BCUT2D eigenvalue weighted by Gasteiger charge is -1.94. The third kappa shape index (κ3) is 1.40. The van der Waals surface area contributed by atoms with Crippen LogP contribution < -0.4 is 5.73 Å². The number of carbonyl (C=O) groups excluding carboxylic acids is 1. The third-order valence-corrected chi connectivity index (χ3v) is 1.79. The molecule has 0 spiro atoms. The van der Waals surface area contributed by atoms with E-state index in [1.165, 1.54) is 6.92 Å². The molecule has 0 radical (unpaired) electrons. The Balaban J connectivity index is 3.39. The van der Waals surface area contributed by atoms with Crippen molar-refractivity contribution in [1.29, 1.82) is 0 Å². The van der Waals surface area contributed by atoms with Crippen molar-refractivity contribution >= 4 is 17.4 Å². The number of carboxylic acid groups (broad SMARTS) is 1. The molecule has 0 saturated heterocycles. The van der Waals surface area contributed by atoms with Crippen LogP contribution in [0.5, 0.6) is 0 Å². The Morgan fingerprint density at radius 2 is 2.00 bits per heavy atom. The fraction of sp³-hybridized carbons (Fsp3) is 0.250. The molecule has 0 bridgehead atoms. The predicted octanol–water partition coefficient (Wildman–Crippen LogP) is 0.806. The van der Waals surface area contributed by atoms with Gasteiger partial charge in [0, 0.05) is 5.69 Å². The second kappa shape index (κ2) is 2.93. The summed E-state index contributed by atoms with van der Waals surface area (Å²) in [4.78, 5) is 24.2. The molecular formula is C8H10N2O3. The molecule has 0 aromatic carbocycles. The minimum Gasteiger partial charge on any atom is -0.477 e. The molecule has 0 aliphatic heterocycles. The Labute approximate surface area is 74.6 Å². The number of carboxylic acids is 1. The van der Waals surface area contributed by atoms with Gasteiger partial charge in [-0.1, -0.05) is 0 Å². The van der Waals surface area contributed by atoms with Crippen LogP contribution in [0.4, 0.5) is 5.69 Å². The molecular weight excluding hydrogens is 172 g/mol. The Bertz CT molecular complexity index is 379.